The molecule has 0 aromatic heterocycles. The number of carbonyl (C=O) groups excluding carboxylic acids is 1. The van der Waals surface area contributed by atoms with Gasteiger partial charge in [-0.2, -0.15) is 0 Å². The van der Waals surface area contributed by atoms with Crippen molar-refractivity contribution < 1.29 is 14.3 Å². The largest absolute Gasteiger partial charge is 0.497 e. The number of nitrogen functional groups attached to an aromatic ring is 1. The van der Waals surface area contributed by atoms with Crippen LogP contribution in [0.25, 0.3) is 0 Å². The van der Waals surface area contributed by atoms with E-state index in [1.165, 1.54) is 14.2 Å². The van der Waals surface area contributed by atoms with Gasteiger partial charge in [0.15, 0.2) is 5.78 Å². The minimum absolute atomic E-state index is 0.146. The van der Waals surface area contributed by atoms with Gasteiger partial charge in [-0.1, -0.05) is 12.1 Å². The van der Waals surface area contributed by atoms with E-state index in [0.29, 0.717) is 28.3 Å². The quantitative estimate of drug-likeness (QED) is 0.692. The van der Waals surface area contributed by atoms with Gasteiger partial charge in [0.05, 0.1) is 25.5 Å². The van der Waals surface area contributed by atoms with E-state index >= 15 is 0 Å². The molecule has 4 nitrogen and oxygen atoms in total. The molecule has 0 heterocycles. The third-order valence-corrected chi connectivity index (χ3v) is 3.58. The van der Waals surface area contributed by atoms with E-state index in [1.807, 2.05) is 26.0 Å². The minimum atomic E-state index is -0.146. The average molecular weight is 285 g/mol. The van der Waals surface area contributed by atoms with Crippen molar-refractivity contribution in [3.8, 4) is 11.5 Å². The van der Waals surface area contributed by atoms with Gasteiger partial charge in [0, 0.05) is 11.6 Å². The van der Waals surface area contributed by atoms with Crippen molar-refractivity contribution in [2.45, 2.75) is 13.8 Å². The third-order valence-electron chi connectivity index (χ3n) is 3.58. The summed E-state index contributed by atoms with van der Waals surface area (Å²) in [5, 5.41) is 0. The van der Waals surface area contributed by atoms with Crippen LogP contribution in [0.2, 0.25) is 0 Å². The molecule has 21 heavy (non-hydrogen) atoms. The summed E-state index contributed by atoms with van der Waals surface area (Å²) in [4.78, 5) is 12.7. The third kappa shape index (κ3) is 2.84. The number of hydrogen-bond donors (Lipinski definition) is 1. The smallest absolute Gasteiger partial charge is 0.195 e. The lowest BCUT2D eigenvalue weighted by Crippen LogP contribution is -2.08. The number of nitrogens with two attached hydrogens (primary N) is 1. The number of aryl methyl sites for hydroxylation is 2. The van der Waals surface area contributed by atoms with Crippen LogP contribution in [0.3, 0.4) is 0 Å². The number of anilines is 1. The predicted octanol–water partition coefficient (Wildman–Crippen LogP) is 3.13. The molecule has 2 aromatic rings. The zero-order valence-corrected chi connectivity index (χ0v) is 12.7. The molecule has 0 atom stereocenters. The summed E-state index contributed by atoms with van der Waals surface area (Å²) in [5.41, 5.74) is 9.53. The first-order chi connectivity index (χ1) is 9.97. The van der Waals surface area contributed by atoms with Crippen molar-refractivity contribution in [1.82, 2.24) is 0 Å². The fourth-order valence-electron chi connectivity index (χ4n) is 2.11. The van der Waals surface area contributed by atoms with Crippen LogP contribution in [0.1, 0.15) is 27.0 Å². The number of ether oxygens (including phenoxy) is 2. The molecule has 0 saturated carbocycles. The standard InChI is InChI=1S/C17H19NO3/c1-10-5-6-12(7-11(10)2)17(19)14-8-13(20-3)9-15(21-4)16(14)18/h5-9H,18H2,1-4H3. The highest BCUT2D eigenvalue weighted by molar-refractivity contribution is 6.13. The highest BCUT2D eigenvalue weighted by atomic mass is 16.5. The number of benzene rings is 2. The van der Waals surface area contributed by atoms with Crippen LogP contribution in [0.5, 0.6) is 11.5 Å². The molecule has 110 valence electrons. The maximum absolute atomic E-state index is 12.7. The minimum Gasteiger partial charge on any atom is -0.497 e. The Morgan fingerprint density at radius 1 is 1.00 bits per heavy atom. The van der Waals surface area contributed by atoms with Gasteiger partial charge in [-0.3, -0.25) is 4.79 Å². The SMILES string of the molecule is COc1cc(OC)c(N)c(C(=O)c2ccc(C)c(C)c2)c1. The average Bonchev–Trinajstić information content (AvgIpc) is 2.49. The molecule has 0 aliphatic carbocycles. The molecule has 0 saturated heterocycles. The van der Waals surface area contributed by atoms with E-state index < -0.39 is 0 Å². The molecule has 0 unspecified atom stereocenters. The Bertz CT molecular complexity index is 693. The Kier molecular flexibility index (Phi) is 4.17. The Hall–Kier alpha value is -2.49. The van der Waals surface area contributed by atoms with Gasteiger partial charge >= 0.3 is 0 Å². The number of ketones is 1. The molecule has 4 heteroatoms. The van der Waals surface area contributed by atoms with Crippen molar-refractivity contribution in [2.24, 2.45) is 0 Å². The molecular weight excluding hydrogens is 266 g/mol. The normalized spacial score (nSPS) is 10.3. The second-order valence-electron chi connectivity index (χ2n) is 4.92. The molecule has 0 amide bonds. The van der Waals surface area contributed by atoms with E-state index in [9.17, 15) is 4.79 Å². The van der Waals surface area contributed by atoms with Crippen molar-refractivity contribution in [2.75, 3.05) is 20.0 Å². The second kappa shape index (κ2) is 5.87. The van der Waals surface area contributed by atoms with Crippen LogP contribution in [0.4, 0.5) is 5.69 Å². The zero-order valence-electron chi connectivity index (χ0n) is 12.7. The van der Waals surface area contributed by atoms with Gasteiger partial charge in [-0.05, 0) is 37.1 Å². The second-order valence-corrected chi connectivity index (χ2v) is 4.92. The highest BCUT2D eigenvalue weighted by Crippen LogP contribution is 2.32. The lowest BCUT2D eigenvalue weighted by Gasteiger charge is -2.12. The van der Waals surface area contributed by atoms with Crippen LogP contribution < -0.4 is 15.2 Å². The van der Waals surface area contributed by atoms with Gasteiger partial charge < -0.3 is 15.2 Å². The van der Waals surface area contributed by atoms with E-state index in [4.69, 9.17) is 15.2 Å². The van der Waals surface area contributed by atoms with Gasteiger partial charge in [0.1, 0.15) is 11.5 Å². The first-order valence-electron chi connectivity index (χ1n) is 6.61. The Labute approximate surface area is 124 Å². The van der Waals surface area contributed by atoms with Gasteiger partial charge in [0.2, 0.25) is 0 Å². The lowest BCUT2D eigenvalue weighted by molar-refractivity contribution is 0.103. The maximum atomic E-state index is 12.7. The van der Waals surface area contributed by atoms with Crippen LogP contribution >= 0.6 is 0 Å². The topological polar surface area (TPSA) is 61.6 Å². The molecule has 0 aliphatic heterocycles. The fourth-order valence-corrected chi connectivity index (χ4v) is 2.11. The molecule has 0 spiro atoms. The number of methoxy groups -OCH3 is 2. The number of rotatable bonds is 4. The van der Waals surface area contributed by atoms with Crippen molar-refractivity contribution in [1.29, 1.82) is 0 Å². The molecule has 2 aromatic carbocycles. The molecule has 2 N–H and O–H groups in total. The predicted molar refractivity (Wildman–Crippen MR) is 83.3 cm³/mol. The Balaban J connectivity index is 2.54. The summed E-state index contributed by atoms with van der Waals surface area (Å²) in [6, 6.07) is 8.89. The molecule has 0 bridgehead atoms. The lowest BCUT2D eigenvalue weighted by atomic mass is 9.98. The molecule has 2 rings (SSSR count). The van der Waals surface area contributed by atoms with Crippen molar-refractivity contribution in [3.63, 3.8) is 0 Å². The van der Waals surface area contributed by atoms with Crippen LogP contribution in [0, 0.1) is 13.8 Å². The maximum Gasteiger partial charge on any atom is 0.195 e. The van der Waals surface area contributed by atoms with Crippen LogP contribution in [0.15, 0.2) is 30.3 Å². The van der Waals surface area contributed by atoms with Gasteiger partial charge in [-0.15, -0.1) is 0 Å². The fraction of sp³-hybridized carbons (Fsp3) is 0.235. The number of carbonyl (C=O) groups is 1. The van der Waals surface area contributed by atoms with E-state index in [0.717, 1.165) is 11.1 Å². The summed E-state index contributed by atoms with van der Waals surface area (Å²) in [5.74, 6) is 0.822. The first-order valence-corrected chi connectivity index (χ1v) is 6.61. The summed E-state index contributed by atoms with van der Waals surface area (Å²) in [6.45, 7) is 3.98. The van der Waals surface area contributed by atoms with Gasteiger partial charge in [-0.25, -0.2) is 0 Å². The molecule has 0 radical (unpaired) electrons. The summed E-state index contributed by atoms with van der Waals surface area (Å²) in [7, 11) is 3.05. The monoisotopic (exact) mass is 285 g/mol. The molecular formula is C17H19NO3. The van der Waals surface area contributed by atoms with Crippen LogP contribution in [-0.2, 0) is 0 Å². The molecule has 0 fully saturated rings. The van der Waals surface area contributed by atoms with E-state index in [2.05, 4.69) is 0 Å². The van der Waals surface area contributed by atoms with E-state index in [1.54, 1.807) is 18.2 Å². The molecule has 0 aliphatic rings. The highest BCUT2D eigenvalue weighted by Gasteiger charge is 2.18. The zero-order chi connectivity index (χ0) is 15.6. The van der Waals surface area contributed by atoms with Crippen molar-refractivity contribution >= 4 is 11.5 Å². The van der Waals surface area contributed by atoms with Crippen molar-refractivity contribution in [3.05, 3.63) is 52.6 Å². The first kappa shape index (κ1) is 14.9. The summed E-state index contributed by atoms with van der Waals surface area (Å²) in [6.07, 6.45) is 0. The Morgan fingerprint density at radius 2 is 1.71 bits per heavy atom. The number of hydrogen-bond acceptors (Lipinski definition) is 4. The summed E-state index contributed by atoms with van der Waals surface area (Å²) >= 11 is 0. The summed E-state index contributed by atoms with van der Waals surface area (Å²) < 4.78 is 10.4. The Morgan fingerprint density at radius 3 is 2.29 bits per heavy atom. The van der Waals surface area contributed by atoms with Gasteiger partial charge in [0.25, 0.3) is 0 Å². The van der Waals surface area contributed by atoms with E-state index in [-0.39, 0.29) is 5.78 Å². The van der Waals surface area contributed by atoms with Crippen LogP contribution in [-0.4, -0.2) is 20.0 Å².